The predicted molar refractivity (Wildman–Crippen MR) is 57.1 cm³/mol. The van der Waals surface area contributed by atoms with E-state index in [0.717, 1.165) is 19.4 Å². The number of carbonyl (C=O) groups is 1. The van der Waals surface area contributed by atoms with Gasteiger partial charge in [-0.25, -0.2) is 0 Å². The van der Waals surface area contributed by atoms with Crippen molar-refractivity contribution in [3.05, 3.63) is 0 Å². The molecule has 1 heterocycles. The summed E-state index contributed by atoms with van der Waals surface area (Å²) in [5.41, 5.74) is 5.58. The van der Waals surface area contributed by atoms with Crippen LogP contribution in [-0.2, 0) is 4.79 Å². The second kappa shape index (κ2) is 3.46. The van der Waals surface area contributed by atoms with E-state index in [0.29, 0.717) is 6.42 Å². The lowest BCUT2D eigenvalue weighted by atomic mass is 9.63. The Bertz CT molecular complexity index is 278. The van der Waals surface area contributed by atoms with Gasteiger partial charge in [0.2, 0.25) is 5.91 Å². The molecule has 3 atom stereocenters. The molecule has 1 amide bonds. The minimum absolute atomic E-state index is 0.0613. The van der Waals surface area contributed by atoms with Crippen molar-refractivity contribution in [2.45, 2.75) is 51.3 Å². The van der Waals surface area contributed by atoms with Gasteiger partial charge in [0.15, 0.2) is 0 Å². The minimum atomic E-state index is -0.327. The topological polar surface area (TPSA) is 66.6 Å². The van der Waals surface area contributed by atoms with Crippen LogP contribution in [0.15, 0.2) is 0 Å². The number of amides is 1. The Morgan fingerprint density at radius 1 is 1.53 bits per heavy atom. The third-order valence-electron chi connectivity index (χ3n) is 4.05. The fraction of sp³-hybridized carbons (Fsp3) is 0.909. The zero-order chi connectivity index (χ0) is 11.2. The maximum atomic E-state index is 11.9. The summed E-state index contributed by atoms with van der Waals surface area (Å²) >= 11 is 0. The molecule has 0 radical (unpaired) electrons. The number of aliphatic hydroxyl groups is 1. The predicted octanol–water partition coefficient (Wildman–Crippen LogP) is 0.0955. The standard InChI is InChI=1S/C11H20N2O2/c1-11(2)8(6-9(11)14)13-5-3-4-7(12)10(13)15/h7-9,14H,3-6,12H2,1-2H3. The van der Waals surface area contributed by atoms with Crippen LogP contribution >= 0.6 is 0 Å². The fourth-order valence-electron chi connectivity index (χ4n) is 2.65. The van der Waals surface area contributed by atoms with E-state index >= 15 is 0 Å². The molecule has 0 aromatic rings. The van der Waals surface area contributed by atoms with Gasteiger partial charge < -0.3 is 15.7 Å². The molecule has 1 aliphatic carbocycles. The summed E-state index contributed by atoms with van der Waals surface area (Å²) in [6.45, 7) is 4.83. The number of nitrogens with zero attached hydrogens (tertiary/aromatic N) is 1. The number of hydrogen-bond acceptors (Lipinski definition) is 3. The van der Waals surface area contributed by atoms with Gasteiger partial charge in [-0.05, 0) is 19.3 Å². The van der Waals surface area contributed by atoms with E-state index in [1.54, 1.807) is 0 Å². The first-order valence-electron chi connectivity index (χ1n) is 5.68. The molecule has 15 heavy (non-hydrogen) atoms. The fourth-order valence-corrected chi connectivity index (χ4v) is 2.65. The van der Waals surface area contributed by atoms with Crippen LogP contribution in [0.25, 0.3) is 0 Å². The van der Waals surface area contributed by atoms with Gasteiger partial charge in [0.05, 0.1) is 12.1 Å². The third-order valence-corrected chi connectivity index (χ3v) is 4.05. The summed E-state index contributed by atoms with van der Waals surface area (Å²) in [6.07, 6.45) is 2.19. The Morgan fingerprint density at radius 3 is 2.73 bits per heavy atom. The van der Waals surface area contributed by atoms with Crippen LogP contribution in [0.3, 0.4) is 0 Å². The maximum absolute atomic E-state index is 11.9. The van der Waals surface area contributed by atoms with E-state index in [2.05, 4.69) is 0 Å². The molecule has 4 heteroatoms. The van der Waals surface area contributed by atoms with Gasteiger partial charge in [-0.3, -0.25) is 4.79 Å². The van der Waals surface area contributed by atoms with Gasteiger partial charge in [-0.15, -0.1) is 0 Å². The Balaban J connectivity index is 2.08. The lowest BCUT2D eigenvalue weighted by Crippen LogP contribution is -2.65. The van der Waals surface area contributed by atoms with Crippen molar-refractivity contribution in [3.63, 3.8) is 0 Å². The number of hydrogen-bond donors (Lipinski definition) is 2. The Labute approximate surface area is 90.4 Å². The van der Waals surface area contributed by atoms with E-state index in [1.165, 1.54) is 0 Å². The second-order valence-corrected chi connectivity index (χ2v) is 5.37. The largest absolute Gasteiger partial charge is 0.392 e. The van der Waals surface area contributed by atoms with Gasteiger partial charge in [0.1, 0.15) is 0 Å². The van der Waals surface area contributed by atoms with Crippen LogP contribution < -0.4 is 5.73 Å². The first kappa shape index (κ1) is 10.9. The number of nitrogens with two attached hydrogens (primary N) is 1. The first-order chi connectivity index (χ1) is 6.94. The number of aliphatic hydroxyl groups excluding tert-OH is 1. The summed E-state index contributed by atoms with van der Waals surface area (Å²) in [6, 6.07) is -0.154. The first-order valence-corrected chi connectivity index (χ1v) is 5.68. The van der Waals surface area contributed by atoms with Crippen molar-refractivity contribution in [3.8, 4) is 0 Å². The van der Waals surface area contributed by atoms with E-state index < -0.39 is 0 Å². The molecule has 4 nitrogen and oxygen atoms in total. The van der Waals surface area contributed by atoms with Crippen molar-refractivity contribution in [1.82, 2.24) is 4.90 Å². The number of rotatable bonds is 1. The average Bonchev–Trinajstić information content (AvgIpc) is 2.19. The highest BCUT2D eigenvalue weighted by Crippen LogP contribution is 2.44. The van der Waals surface area contributed by atoms with Crippen molar-refractivity contribution in [1.29, 1.82) is 0 Å². The molecule has 2 fully saturated rings. The summed E-state index contributed by atoms with van der Waals surface area (Å²) in [7, 11) is 0. The van der Waals surface area contributed by atoms with Gasteiger partial charge >= 0.3 is 0 Å². The van der Waals surface area contributed by atoms with Crippen molar-refractivity contribution in [2.24, 2.45) is 11.1 Å². The van der Waals surface area contributed by atoms with Crippen LogP contribution in [0.5, 0.6) is 0 Å². The summed E-state index contributed by atoms with van der Waals surface area (Å²) < 4.78 is 0. The zero-order valence-electron chi connectivity index (χ0n) is 9.44. The Morgan fingerprint density at radius 2 is 2.20 bits per heavy atom. The van der Waals surface area contributed by atoms with Gasteiger partial charge in [-0.2, -0.15) is 0 Å². The lowest BCUT2D eigenvalue weighted by Gasteiger charge is -2.55. The van der Waals surface area contributed by atoms with Crippen LogP contribution in [0.2, 0.25) is 0 Å². The van der Waals surface area contributed by atoms with E-state index in [4.69, 9.17) is 5.73 Å². The van der Waals surface area contributed by atoms with E-state index in [-0.39, 0.29) is 29.5 Å². The summed E-state index contributed by atoms with van der Waals surface area (Å²) in [5, 5.41) is 9.66. The smallest absolute Gasteiger partial charge is 0.239 e. The van der Waals surface area contributed by atoms with Crippen molar-refractivity contribution in [2.75, 3.05) is 6.54 Å². The van der Waals surface area contributed by atoms with Gasteiger partial charge in [0.25, 0.3) is 0 Å². The minimum Gasteiger partial charge on any atom is -0.392 e. The molecule has 1 saturated carbocycles. The average molecular weight is 212 g/mol. The zero-order valence-corrected chi connectivity index (χ0v) is 9.44. The molecule has 0 bridgehead atoms. The molecule has 1 saturated heterocycles. The molecular formula is C11H20N2O2. The maximum Gasteiger partial charge on any atom is 0.239 e. The van der Waals surface area contributed by atoms with Crippen LogP contribution in [0.1, 0.15) is 33.1 Å². The van der Waals surface area contributed by atoms with Crippen molar-refractivity contribution >= 4 is 5.91 Å². The van der Waals surface area contributed by atoms with Gasteiger partial charge in [-0.1, -0.05) is 13.8 Å². The molecular weight excluding hydrogens is 192 g/mol. The molecule has 0 spiro atoms. The Hall–Kier alpha value is -0.610. The molecule has 3 unspecified atom stereocenters. The molecule has 2 rings (SSSR count). The third kappa shape index (κ3) is 1.56. The second-order valence-electron chi connectivity index (χ2n) is 5.37. The highest BCUT2D eigenvalue weighted by molar-refractivity contribution is 5.82. The number of piperidine rings is 1. The van der Waals surface area contributed by atoms with Crippen LogP contribution in [0, 0.1) is 5.41 Å². The van der Waals surface area contributed by atoms with Crippen LogP contribution in [0.4, 0.5) is 0 Å². The SMILES string of the molecule is CC1(C)C(O)CC1N1CCCC(N)C1=O. The highest BCUT2D eigenvalue weighted by Gasteiger charge is 2.52. The quantitative estimate of drug-likeness (QED) is 0.647. The number of carbonyl (C=O) groups excluding carboxylic acids is 1. The van der Waals surface area contributed by atoms with Crippen molar-refractivity contribution < 1.29 is 9.90 Å². The molecule has 3 N–H and O–H groups in total. The van der Waals surface area contributed by atoms with E-state index in [9.17, 15) is 9.90 Å². The molecule has 86 valence electrons. The summed E-state index contributed by atoms with van der Waals surface area (Å²) in [5.74, 6) is 0.0613. The number of likely N-dealkylation sites (tertiary alicyclic amines) is 1. The monoisotopic (exact) mass is 212 g/mol. The Kier molecular flexibility index (Phi) is 2.51. The molecule has 0 aromatic carbocycles. The van der Waals surface area contributed by atoms with Crippen LogP contribution in [-0.4, -0.2) is 40.6 Å². The van der Waals surface area contributed by atoms with Gasteiger partial charge in [0, 0.05) is 18.0 Å². The summed E-state index contributed by atoms with van der Waals surface area (Å²) in [4.78, 5) is 13.7. The normalized spacial score (nSPS) is 40.1. The molecule has 0 aromatic heterocycles. The molecule has 2 aliphatic rings. The molecule has 1 aliphatic heterocycles. The lowest BCUT2D eigenvalue weighted by molar-refractivity contribution is -0.160. The van der Waals surface area contributed by atoms with E-state index in [1.807, 2.05) is 18.7 Å². The highest BCUT2D eigenvalue weighted by atomic mass is 16.3.